The summed E-state index contributed by atoms with van der Waals surface area (Å²) in [6, 6.07) is 7.08. The Morgan fingerprint density at radius 2 is 1.77 bits per heavy atom. The van der Waals surface area contributed by atoms with Crippen molar-refractivity contribution in [1.82, 2.24) is 4.90 Å². The van der Waals surface area contributed by atoms with E-state index in [0.717, 1.165) is 11.8 Å². The van der Waals surface area contributed by atoms with Crippen LogP contribution < -0.4 is 19.6 Å². The fraction of sp³-hybridized carbons (Fsp3) is 0.269. The Labute approximate surface area is 228 Å². The van der Waals surface area contributed by atoms with E-state index in [2.05, 4.69) is 15.5 Å². The van der Waals surface area contributed by atoms with Crippen molar-refractivity contribution in [2.75, 3.05) is 33.9 Å². The number of allylic oxidation sites excluding steroid dienone is 1. The number of nitrogens with zero attached hydrogens (tertiary/aromatic N) is 3. The fourth-order valence-corrected chi connectivity index (χ4v) is 5.30. The van der Waals surface area contributed by atoms with E-state index in [0.29, 0.717) is 22.6 Å². The number of amidine groups is 1. The van der Waals surface area contributed by atoms with Crippen LogP contribution in [0.4, 0.5) is 5.69 Å². The first-order valence-corrected chi connectivity index (χ1v) is 12.3. The molecule has 1 saturated heterocycles. The number of ether oxygens (including phenoxy) is 4. The predicted octanol–water partition coefficient (Wildman–Crippen LogP) is 3.58. The molecule has 1 fully saturated rings. The standard InChI is InChI=1S/C26H26N4O8S/c1-12-8-7-9-14(24(32)33)18(12)28-29-22-23(31)30-19(17(25(34)38-6)13(2)27-26(30)39-22)15-10-11-16(35-3)21(37-5)20(15)36-4/h7-11,19,28H,1-6H3,(H,32,33)/b29-22-. The number of carbonyl (C=O) groups excluding carboxylic acids is 2. The Bertz CT molecular complexity index is 1470. The molecule has 0 saturated carbocycles. The normalized spacial score (nSPS) is 17.5. The van der Waals surface area contributed by atoms with E-state index >= 15 is 0 Å². The number of rotatable bonds is 8. The van der Waals surface area contributed by atoms with E-state index in [9.17, 15) is 19.5 Å². The maximum absolute atomic E-state index is 13.8. The second kappa shape index (κ2) is 11.1. The number of amides is 1. The summed E-state index contributed by atoms with van der Waals surface area (Å²) in [5, 5.41) is 14.1. The predicted molar refractivity (Wildman–Crippen MR) is 145 cm³/mol. The summed E-state index contributed by atoms with van der Waals surface area (Å²) >= 11 is 0.980. The number of para-hydroxylation sites is 1. The molecule has 2 N–H and O–H groups in total. The Morgan fingerprint density at radius 1 is 1.05 bits per heavy atom. The monoisotopic (exact) mass is 554 g/mol. The number of aliphatic imine (C=N–C) groups is 1. The zero-order chi connectivity index (χ0) is 28.4. The highest BCUT2D eigenvalue weighted by atomic mass is 32.2. The van der Waals surface area contributed by atoms with Crippen LogP contribution in [0.5, 0.6) is 17.2 Å². The van der Waals surface area contributed by atoms with Gasteiger partial charge in [-0.2, -0.15) is 5.10 Å². The molecular formula is C26H26N4O8S. The number of esters is 1. The summed E-state index contributed by atoms with van der Waals surface area (Å²) in [7, 11) is 5.61. The average Bonchev–Trinajstić information content (AvgIpc) is 3.24. The molecule has 0 spiro atoms. The van der Waals surface area contributed by atoms with Gasteiger partial charge in [0, 0.05) is 5.56 Å². The van der Waals surface area contributed by atoms with Crippen molar-refractivity contribution >= 4 is 45.5 Å². The second-order valence-electron chi connectivity index (χ2n) is 8.32. The summed E-state index contributed by atoms with van der Waals surface area (Å²) in [5.74, 6) is -1.46. The molecule has 1 amide bonds. The number of aromatic carboxylic acids is 1. The molecule has 0 aromatic heterocycles. The minimum Gasteiger partial charge on any atom is -0.493 e. The number of carboxylic acid groups (broad SMARTS) is 1. The van der Waals surface area contributed by atoms with Gasteiger partial charge in [-0.25, -0.2) is 14.6 Å². The first-order chi connectivity index (χ1) is 18.7. The molecule has 2 aliphatic rings. The molecule has 2 aromatic rings. The van der Waals surface area contributed by atoms with Crippen molar-refractivity contribution in [1.29, 1.82) is 0 Å². The highest BCUT2D eigenvalue weighted by Gasteiger charge is 2.48. The quantitative estimate of drug-likeness (QED) is 0.366. The number of benzene rings is 2. The zero-order valence-corrected chi connectivity index (χ0v) is 22.8. The first kappa shape index (κ1) is 27.5. The summed E-state index contributed by atoms with van der Waals surface area (Å²) in [6.07, 6.45) is 0. The van der Waals surface area contributed by atoms with Gasteiger partial charge in [0.25, 0.3) is 5.91 Å². The summed E-state index contributed by atoms with van der Waals surface area (Å²) in [6.45, 7) is 3.36. The Kier molecular flexibility index (Phi) is 7.81. The number of carboxylic acids is 1. The lowest BCUT2D eigenvalue weighted by molar-refractivity contribution is -0.137. The molecule has 39 heavy (non-hydrogen) atoms. The Morgan fingerprint density at radius 3 is 2.38 bits per heavy atom. The van der Waals surface area contributed by atoms with Gasteiger partial charge in [-0.05, 0) is 49.4 Å². The summed E-state index contributed by atoms with van der Waals surface area (Å²) in [5.41, 5.74) is 4.51. The van der Waals surface area contributed by atoms with Gasteiger partial charge >= 0.3 is 11.9 Å². The summed E-state index contributed by atoms with van der Waals surface area (Å²) in [4.78, 5) is 44.2. The van der Waals surface area contributed by atoms with Crippen LogP contribution >= 0.6 is 11.8 Å². The minimum atomic E-state index is -1.14. The van der Waals surface area contributed by atoms with Gasteiger partial charge < -0.3 is 24.1 Å². The van der Waals surface area contributed by atoms with Gasteiger partial charge in [0.15, 0.2) is 21.7 Å². The minimum absolute atomic E-state index is 0.00304. The van der Waals surface area contributed by atoms with Crippen LogP contribution in [0.25, 0.3) is 0 Å². The average molecular weight is 555 g/mol. The smallest absolute Gasteiger partial charge is 0.338 e. The third kappa shape index (κ3) is 4.76. The number of nitrogens with one attached hydrogen (secondary N) is 1. The molecule has 2 aliphatic heterocycles. The van der Waals surface area contributed by atoms with Crippen LogP contribution in [-0.4, -0.2) is 66.5 Å². The maximum Gasteiger partial charge on any atom is 0.338 e. The highest BCUT2D eigenvalue weighted by Crippen LogP contribution is 2.49. The molecule has 13 heteroatoms. The van der Waals surface area contributed by atoms with E-state index in [1.54, 1.807) is 38.1 Å². The molecule has 0 bridgehead atoms. The van der Waals surface area contributed by atoms with Gasteiger partial charge in [-0.1, -0.05) is 12.1 Å². The number of aryl methyl sites for hydroxylation is 1. The molecule has 0 radical (unpaired) electrons. The molecule has 2 aromatic carbocycles. The topological polar surface area (TPSA) is 148 Å². The van der Waals surface area contributed by atoms with Crippen LogP contribution in [0.15, 0.2) is 51.7 Å². The molecular weight excluding hydrogens is 528 g/mol. The van der Waals surface area contributed by atoms with Gasteiger partial charge in [-0.15, -0.1) is 0 Å². The number of methoxy groups -OCH3 is 4. The number of hydrogen-bond acceptors (Lipinski definition) is 11. The van der Waals surface area contributed by atoms with Crippen molar-refractivity contribution in [3.05, 3.63) is 58.3 Å². The van der Waals surface area contributed by atoms with Crippen LogP contribution in [0.2, 0.25) is 0 Å². The largest absolute Gasteiger partial charge is 0.493 e. The van der Waals surface area contributed by atoms with Crippen LogP contribution in [0.3, 0.4) is 0 Å². The molecule has 4 rings (SSSR count). The maximum atomic E-state index is 13.8. The number of hydrazone groups is 1. The Hall–Kier alpha value is -4.52. The van der Waals surface area contributed by atoms with Gasteiger partial charge in [0.05, 0.1) is 51.0 Å². The molecule has 1 unspecified atom stereocenters. The van der Waals surface area contributed by atoms with Crippen molar-refractivity contribution in [3.8, 4) is 17.2 Å². The van der Waals surface area contributed by atoms with Crippen molar-refractivity contribution in [2.24, 2.45) is 10.1 Å². The lowest BCUT2D eigenvalue weighted by Gasteiger charge is -2.33. The van der Waals surface area contributed by atoms with Crippen LogP contribution in [0.1, 0.15) is 34.5 Å². The molecule has 0 aliphatic carbocycles. The number of thioether (sulfide) groups is 1. The van der Waals surface area contributed by atoms with Crippen molar-refractivity contribution in [2.45, 2.75) is 19.9 Å². The Balaban J connectivity index is 1.84. The van der Waals surface area contributed by atoms with Crippen LogP contribution in [-0.2, 0) is 14.3 Å². The number of fused-ring (bicyclic) bond motifs is 1. The van der Waals surface area contributed by atoms with E-state index in [-0.39, 0.29) is 38.5 Å². The molecule has 1 atom stereocenters. The highest BCUT2D eigenvalue weighted by molar-refractivity contribution is 8.29. The molecule has 2 heterocycles. The third-order valence-corrected chi connectivity index (χ3v) is 7.12. The number of anilines is 1. The first-order valence-electron chi connectivity index (χ1n) is 11.5. The van der Waals surface area contributed by atoms with Crippen molar-refractivity contribution < 1.29 is 38.4 Å². The second-order valence-corrected chi connectivity index (χ2v) is 9.28. The van der Waals surface area contributed by atoms with E-state index in [1.807, 2.05) is 0 Å². The fourth-order valence-electron chi connectivity index (χ4n) is 4.38. The molecule has 204 valence electrons. The van der Waals surface area contributed by atoms with Crippen molar-refractivity contribution in [3.63, 3.8) is 0 Å². The number of hydrogen-bond donors (Lipinski definition) is 2. The van der Waals surface area contributed by atoms with E-state index < -0.39 is 23.9 Å². The molecule has 12 nitrogen and oxygen atoms in total. The van der Waals surface area contributed by atoms with E-state index in [4.69, 9.17) is 18.9 Å². The van der Waals surface area contributed by atoms with Gasteiger partial charge in [0.2, 0.25) is 5.75 Å². The lowest BCUT2D eigenvalue weighted by atomic mass is 9.93. The van der Waals surface area contributed by atoms with Crippen LogP contribution in [0, 0.1) is 6.92 Å². The SMILES string of the molecule is COC(=O)C1=C(C)N=C2S/C(=N\Nc3c(C)cccc3C(=O)O)C(=O)N2C1c1ccc(OC)c(OC)c1OC. The summed E-state index contributed by atoms with van der Waals surface area (Å²) < 4.78 is 21.6. The van der Waals surface area contributed by atoms with Gasteiger partial charge in [-0.3, -0.25) is 15.1 Å². The zero-order valence-electron chi connectivity index (χ0n) is 22.0. The number of carbonyl (C=O) groups is 3. The lowest BCUT2D eigenvalue weighted by Crippen LogP contribution is -2.40. The van der Waals surface area contributed by atoms with Gasteiger partial charge in [0.1, 0.15) is 6.04 Å². The van der Waals surface area contributed by atoms with E-state index in [1.165, 1.54) is 39.4 Å². The third-order valence-electron chi connectivity index (χ3n) is 6.19.